The van der Waals surface area contributed by atoms with Gasteiger partial charge in [-0.2, -0.15) is 0 Å². The topological polar surface area (TPSA) is 89.5 Å². The summed E-state index contributed by atoms with van der Waals surface area (Å²) in [7, 11) is -2.22. The van der Waals surface area contributed by atoms with Gasteiger partial charge in [0, 0.05) is 25.6 Å². The maximum Gasteiger partial charge on any atom is 0.235 e. The fourth-order valence-corrected chi connectivity index (χ4v) is 2.82. The minimum Gasteiger partial charge on any atom is -0.383 e. The van der Waals surface area contributed by atoms with E-state index in [1.165, 1.54) is 31.4 Å². The summed E-state index contributed by atoms with van der Waals surface area (Å²) in [6, 6.07) is 5.62. The first-order chi connectivity index (χ1) is 9.90. The zero-order valence-corrected chi connectivity index (χ0v) is 12.9. The van der Waals surface area contributed by atoms with Crippen molar-refractivity contribution in [1.82, 2.24) is 5.32 Å². The first-order valence-corrected chi connectivity index (χ1v) is 8.17. The van der Waals surface area contributed by atoms with Gasteiger partial charge in [0.15, 0.2) is 15.6 Å². The van der Waals surface area contributed by atoms with E-state index in [0.717, 1.165) is 0 Å². The second kappa shape index (κ2) is 7.90. The van der Waals surface area contributed by atoms with Crippen LogP contribution in [0, 0.1) is 0 Å². The van der Waals surface area contributed by atoms with E-state index in [1.807, 2.05) is 0 Å². The number of carbonyl (C=O) groups is 2. The Morgan fingerprint density at radius 2 is 1.81 bits per heavy atom. The van der Waals surface area contributed by atoms with Crippen LogP contribution in [0.2, 0.25) is 0 Å². The van der Waals surface area contributed by atoms with E-state index >= 15 is 0 Å². The average molecular weight is 313 g/mol. The molecule has 0 aliphatic rings. The standard InChI is InChI=1S/C14H19NO5S/c1-3-13(16)11-4-6-12(7-5-11)21(18,19)10-14(17)15-8-9-20-2/h4-7H,3,8-10H2,1-2H3,(H,15,17). The second-order valence-electron chi connectivity index (χ2n) is 4.40. The van der Waals surface area contributed by atoms with Crippen molar-refractivity contribution in [2.75, 3.05) is 26.0 Å². The van der Waals surface area contributed by atoms with E-state index in [-0.39, 0.29) is 17.2 Å². The molecule has 0 saturated carbocycles. The number of methoxy groups -OCH3 is 1. The molecule has 0 bridgehead atoms. The Hall–Kier alpha value is -1.73. The quantitative estimate of drug-likeness (QED) is 0.567. The van der Waals surface area contributed by atoms with Crippen LogP contribution in [0.25, 0.3) is 0 Å². The highest BCUT2D eigenvalue weighted by Gasteiger charge is 2.19. The van der Waals surface area contributed by atoms with Crippen molar-refractivity contribution in [1.29, 1.82) is 0 Å². The number of benzene rings is 1. The van der Waals surface area contributed by atoms with Crippen LogP contribution in [-0.2, 0) is 19.4 Å². The fraction of sp³-hybridized carbons (Fsp3) is 0.429. The molecule has 0 radical (unpaired) electrons. The fourth-order valence-electron chi connectivity index (χ4n) is 1.65. The average Bonchev–Trinajstić information content (AvgIpc) is 2.46. The van der Waals surface area contributed by atoms with Crippen LogP contribution in [0.5, 0.6) is 0 Å². The molecule has 0 atom stereocenters. The molecule has 21 heavy (non-hydrogen) atoms. The third kappa shape index (κ3) is 5.28. The van der Waals surface area contributed by atoms with Gasteiger partial charge in [-0.05, 0) is 12.1 Å². The van der Waals surface area contributed by atoms with Gasteiger partial charge in [0.2, 0.25) is 5.91 Å². The molecule has 0 aliphatic heterocycles. The first kappa shape index (κ1) is 17.3. The van der Waals surface area contributed by atoms with Gasteiger partial charge in [0.1, 0.15) is 5.75 Å². The van der Waals surface area contributed by atoms with Crippen molar-refractivity contribution >= 4 is 21.5 Å². The van der Waals surface area contributed by atoms with E-state index in [2.05, 4.69) is 5.32 Å². The van der Waals surface area contributed by atoms with E-state index in [1.54, 1.807) is 6.92 Å². The molecule has 0 aliphatic carbocycles. The zero-order valence-electron chi connectivity index (χ0n) is 12.1. The minimum atomic E-state index is -3.71. The molecule has 1 rings (SSSR count). The van der Waals surface area contributed by atoms with Gasteiger partial charge in [-0.1, -0.05) is 19.1 Å². The molecule has 1 amide bonds. The monoisotopic (exact) mass is 313 g/mol. The van der Waals surface area contributed by atoms with Crippen LogP contribution < -0.4 is 5.32 Å². The molecular formula is C14H19NO5S. The van der Waals surface area contributed by atoms with Crippen LogP contribution in [0.3, 0.4) is 0 Å². The predicted octanol–water partition coefficient (Wildman–Crippen LogP) is 0.816. The Bertz CT molecular complexity index is 592. The summed E-state index contributed by atoms with van der Waals surface area (Å²) in [6.45, 7) is 2.31. The largest absolute Gasteiger partial charge is 0.383 e. The van der Waals surface area contributed by atoms with Gasteiger partial charge in [0.05, 0.1) is 11.5 Å². The molecule has 0 spiro atoms. The van der Waals surface area contributed by atoms with Crippen molar-refractivity contribution in [2.45, 2.75) is 18.2 Å². The van der Waals surface area contributed by atoms with Crippen LogP contribution >= 0.6 is 0 Å². The Kier molecular flexibility index (Phi) is 6.51. The SMILES string of the molecule is CCC(=O)c1ccc(S(=O)(=O)CC(=O)NCCOC)cc1. The summed E-state index contributed by atoms with van der Waals surface area (Å²) in [5.74, 6) is -1.27. The third-order valence-electron chi connectivity index (χ3n) is 2.81. The lowest BCUT2D eigenvalue weighted by Crippen LogP contribution is -2.32. The molecule has 0 saturated heterocycles. The number of nitrogens with one attached hydrogen (secondary N) is 1. The van der Waals surface area contributed by atoms with Crippen molar-refractivity contribution < 1.29 is 22.7 Å². The number of sulfone groups is 1. The van der Waals surface area contributed by atoms with Crippen molar-refractivity contribution in [2.24, 2.45) is 0 Å². The maximum absolute atomic E-state index is 12.0. The van der Waals surface area contributed by atoms with Crippen molar-refractivity contribution in [3.8, 4) is 0 Å². The highest BCUT2D eigenvalue weighted by molar-refractivity contribution is 7.92. The molecular weight excluding hydrogens is 294 g/mol. The number of hydrogen-bond acceptors (Lipinski definition) is 5. The van der Waals surface area contributed by atoms with E-state index in [9.17, 15) is 18.0 Å². The summed E-state index contributed by atoms with van der Waals surface area (Å²) in [6.07, 6.45) is 0.355. The molecule has 0 unspecified atom stereocenters. The summed E-state index contributed by atoms with van der Waals surface area (Å²) < 4.78 is 28.9. The van der Waals surface area contributed by atoms with Gasteiger partial charge < -0.3 is 10.1 Å². The molecule has 1 aromatic carbocycles. The van der Waals surface area contributed by atoms with Crippen LogP contribution in [-0.4, -0.2) is 46.1 Å². The van der Waals surface area contributed by atoms with Gasteiger partial charge in [0.25, 0.3) is 0 Å². The molecule has 1 aromatic rings. The Morgan fingerprint density at radius 1 is 1.19 bits per heavy atom. The molecule has 7 heteroatoms. The molecule has 116 valence electrons. The number of hydrogen-bond donors (Lipinski definition) is 1. The number of amides is 1. The lowest BCUT2D eigenvalue weighted by molar-refractivity contribution is -0.118. The molecule has 6 nitrogen and oxygen atoms in total. The normalized spacial score (nSPS) is 11.1. The summed E-state index contributed by atoms with van der Waals surface area (Å²) in [5.41, 5.74) is 0.459. The number of carbonyl (C=O) groups excluding carboxylic acids is 2. The summed E-state index contributed by atoms with van der Waals surface area (Å²) in [5, 5.41) is 2.45. The number of rotatable bonds is 8. The number of Topliss-reactive ketones (excluding diaryl/α,β-unsaturated/α-hetero) is 1. The van der Waals surface area contributed by atoms with Crippen LogP contribution in [0.15, 0.2) is 29.2 Å². The van der Waals surface area contributed by atoms with Crippen molar-refractivity contribution in [3.05, 3.63) is 29.8 Å². The highest BCUT2D eigenvalue weighted by Crippen LogP contribution is 2.13. The predicted molar refractivity (Wildman–Crippen MR) is 78.0 cm³/mol. The van der Waals surface area contributed by atoms with Crippen LogP contribution in [0.4, 0.5) is 0 Å². The van der Waals surface area contributed by atoms with E-state index in [4.69, 9.17) is 4.74 Å². The number of ketones is 1. The Morgan fingerprint density at radius 3 is 2.33 bits per heavy atom. The molecule has 0 fully saturated rings. The van der Waals surface area contributed by atoms with Gasteiger partial charge in [-0.25, -0.2) is 8.42 Å². The van der Waals surface area contributed by atoms with E-state index in [0.29, 0.717) is 18.6 Å². The van der Waals surface area contributed by atoms with Crippen LogP contribution in [0.1, 0.15) is 23.7 Å². The smallest absolute Gasteiger partial charge is 0.235 e. The summed E-state index contributed by atoms with van der Waals surface area (Å²) in [4.78, 5) is 23.0. The summed E-state index contributed by atoms with van der Waals surface area (Å²) >= 11 is 0. The molecule has 0 aromatic heterocycles. The van der Waals surface area contributed by atoms with Gasteiger partial charge in [-0.3, -0.25) is 9.59 Å². The molecule has 0 heterocycles. The Balaban J connectivity index is 2.74. The molecule has 1 N–H and O–H groups in total. The first-order valence-electron chi connectivity index (χ1n) is 6.52. The Labute approximate surface area is 124 Å². The lowest BCUT2D eigenvalue weighted by Gasteiger charge is -2.06. The highest BCUT2D eigenvalue weighted by atomic mass is 32.2. The zero-order chi connectivity index (χ0) is 15.9. The van der Waals surface area contributed by atoms with Crippen molar-refractivity contribution in [3.63, 3.8) is 0 Å². The third-order valence-corrected chi connectivity index (χ3v) is 4.44. The second-order valence-corrected chi connectivity index (χ2v) is 6.39. The lowest BCUT2D eigenvalue weighted by atomic mass is 10.1. The minimum absolute atomic E-state index is 0.0250. The van der Waals surface area contributed by atoms with Gasteiger partial charge >= 0.3 is 0 Å². The maximum atomic E-state index is 12.0. The van der Waals surface area contributed by atoms with E-state index < -0.39 is 21.5 Å². The van der Waals surface area contributed by atoms with Gasteiger partial charge in [-0.15, -0.1) is 0 Å². The number of ether oxygens (including phenoxy) is 1.